The van der Waals surface area contributed by atoms with Gasteiger partial charge in [-0.15, -0.1) is 0 Å². The summed E-state index contributed by atoms with van der Waals surface area (Å²) in [5.41, 5.74) is 1.60. The smallest absolute Gasteiger partial charge is 0.406 e. The van der Waals surface area contributed by atoms with Gasteiger partial charge in [-0.1, -0.05) is 24.3 Å². The van der Waals surface area contributed by atoms with E-state index < -0.39 is 18.6 Å². The van der Waals surface area contributed by atoms with E-state index in [1.165, 1.54) is 6.26 Å². The highest BCUT2D eigenvalue weighted by Crippen LogP contribution is 2.20. The van der Waals surface area contributed by atoms with Gasteiger partial charge in [0.1, 0.15) is 12.3 Å². The lowest BCUT2D eigenvalue weighted by Gasteiger charge is -2.23. The minimum absolute atomic E-state index is 0.0660. The Bertz CT molecular complexity index is 621. The Morgan fingerprint density at radius 1 is 1.18 bits per heavy atom. The number of nitrogens with zero attached hydrogens (tertiary/aromatic N) is 1. The molecule has 0 aliphatic heterocycles. The largest absolute Gasteiger partial charge is 0.467 e. The molecule has 22 heavy (non-hydrogen) atoms. The number of carbonyl (C=O) groups excluding carboxylic acids is 1. The second-order valence-electron chi connectivity index (χ2n) is 5.05. The summed E-state index contributed by atoms with van der Waals surface area (Å²) in [5.74, 6) is -0.259. The van der Waals surface area contributed by atoms with Crippen molar-refractivity contribution in [3.05, 3.63) is 59.5 Å². The van der Waals surface area contributed by atoms with Gasteiger partial charge in [0.25, 0.3) is 0 Å². The molecule has 2 rings (SSSR count). The standard InChI is InChI=1S/C16H16F3NO2/c1-12-5-2-3-6-13(12)9-15(21)20(11-16(17,18)19)10-14-7-4-8-22-14/h2-8H,9-11H2,1H3. The van der Waals surface area contributed by atoms with Crippen molar-refractivity contribution >= 4 is 5.91 Å². The van der Waals surface area contributed by atoms with Crippen LogP contribution in [0, 0.1) is 6.92 Å². The van der Waals surface area contributed by atoms with Gasteiger partial charge in [-0.25, -0.2) is 0 Å². The summed E-state index contributed by atoms with van der Waals surface area (Å²) in [4.78, 5) is 13.0. The van der Waals surface area contributed by atoms with Gasteiger partial charge in [0, 0.05) is 0 Å². The first-order chi connectivity index (χ1) is 10.3. The third kappa shape index (κ3) is 4.65. The van der Waals surface area contributed by atoms with Crippen molar-refractivity contribution in [1.82, 2.24) is 4.90 Å². The Morgan fingerprint density at radius 3 is 2.50 bits per heavy atom. The molecule has 0 N–H and O–H groups in total. The molecule has 0 aliphatic rings. The molecule has 6 heteroatoms. The van der Waals surface area contributed by atoms with Crippen LogP contribution < -0.4 is 0 Å². The summed E-state index contributed by atoms with van der Waals surface area (Å²) >= 11 is 0. The molecular weight excluding hydrogens is 295 g/mol. The van der Waals surface area contributed by atoms with Gasteiger partial charge in [0.15, 0.2) is 0 Å². The summed E-state index contributed by atoms with van der Waals surface area (Å²) in [6, 6.07) is 10.3. The van der Waals surface area contributed by atoms with Crippen molar-refractivity contribution in [3.63, 3.8) is 0 Å². The number of hydrogen-bond donors (Lipinski definition) is 0. The monoisotopic (exact) mass is 311 g/mol. The second-order valence-corrected chi connectivity index (χ2v) is 5.05. The third-order valence-electron chi connectivity index (χ3n) is 3.25. The highest BCUT2D eigenvalue weighted by Gasteiger charge is 2.33. The molecule has 0 saturated heterocycles. The number of benzene rings is 1. The van der Waals surface area contributed by atoms with Crippen LogP contribution in [-0.2, 0) is 17.8 Å². The third-order valence-corrected chi connectivity index (χ3v) is 3.25. The van der Waals surface area contributed by atoms with Crippen LogP contribution >= 0.6 is 0 Å². The molecular formula is C16H16F3NO2. The zero-order valence-corrected chi connectivity index (χ0v) is 12.1. The molecule has 1 aromatic carbocycles. The molecule has 1 aromatic heterocycles. The lowest BCUT2D eigenvalue weighted by Crippen LogP contribution is -2.39. The van der Waals surface area contributed by atoms with E-state index in [1.807, 2.05) is 19.1 Å². The fourth-order valence-electron chi connectivity index (χ4n) is 2.12. The van der Waals surface area contributed by atoms with Crippen LogP contribution in [0.1, 0.15) is 16.9 Å². The van der Waals surface area contributed by atoms with Gasteiger partial charge in [0.2, 0.25) is 5.91 Å². The van der Waals surface area contributed by atoms with Crippen molar-refractivity contribution < 1.29 is 22.4 Å². The molecule has 2 aromatic rings. The maximum atomic E-state index is 12.7. The van der Waals surface area contributed by atoms with Gasteiger partial charge in [-0.05, 0) is 30.2 Å². The van der Waals surface area contributed by atoms with E-state index in [9.17, 15) is 18.0 Å². The van der Waals surface area contributed by atoms with Gasteiger partial charge >= 0.3 is 6.18 Å². The van der Waals surface area contributed by atoms with Crippen LogP contribution in [0.3, 0.4) is 0 Å². The number of carbonyl (C=O) groups is 1. The molecule has 0 saturated carbocycles. The van der Waals surface area contributed by atoms with E-state index in [2.05, 4.69) is 0 Å². The minimum Gasteiger partial charge on any atom is -0.467 e. The first-order valence-electron chi connectivity index (χ1n) is 6.76. The van der Waals surface area contributed by atoms with Crippen molar-refractivity contribution in [2.75, 3.05) is 6.54 Å². The Labute approximate surface area is 126 Å². The molecule has 0 bridgehead atoms. The molecule has 3 nitrogen and oxygen atoms in total. The van der Waals surface area contributed by atoms with Crippen molar-refractivity contribution in [2.45, 2.75) is 26.1 Å². The van der Waals surface area contributed by atoms with E-state index in [4.69, 9.17) is 4.42 Å². The summed E-state index contributed by atoms with van der Waals surface area (Å²) < 4.78 is 43.1. The van der Waals surface area contributed by atoms with Crippen LogP contribution in [0.15, 0.2) is 47.1 Å². The molecule has 0 fully saturated rings. The maximum absolute atomic E-state index is 12.7. The molecule has 1 amide bonds. The van der Waals surface area contributed by atoms with Crippen molar-refractivity contribution in [2.24, 2.45) is 0 Å². The predicted octanol–water partition coefficient (Wildman–Crippen LogP) is 3.72. The topological polar surface area (TPSA) is 33.5 Å². The molecule has 1 heterocycles. The second kappa shape index (κ2) is 6.68. The van der Waals surface area contributed by atoms with E-state index in [1.54, 1.807) is 24.3 Å². The quantitative estimate of drug-likeness (QED) is 0.843. The Kier molecular flexibility index (Phi) is 4.90. The zero-order chi connectivity index (χ0) is 16.2. The molecule has 118 valence electrons. The lowest BCUT2D eigenvalue weighted by atomic mass is 10.1. The highest BCUT2D eigenvalue weighted by atomic mass is 19.4. The lowest BCUT2D eigenvalue weighted by molar-refractivity contribution is -0.162. The van der Waals surface area contributed by atoms with Gasteiger partial charge in [-0.3, -0.25) is 4.79 Å². The van der Waals surface area contributed by atoms with E-state index in [0.717, 1.165) is 16.0 Å². The van der Waals surface area contributed by atoms with E-state index in [0.29, 0.717) is 5.76 Å². The highest BCUT2D eigenvalue weighted by molar-refractivity contribution is 5.79. The SMILES string of the molecule is Cc1ccccc1CC(=O)N(Cc1ccco1)CC(F)(F)F. The molecule has 0 aliphatic carbocycles. The van der Waals surface area contributed by atoms with E-state index in [-0.39, 0.29) is 13.0 Å². The summed E-state index contributed by atoms with van der Waals surface area (Å²) in [6.07, 6.45) is -3.15. The van der Waals surface area contributed by atoms with Crippen LogP contribution in [0.2, 0.25) is 0 Å². The molecule has 0 unspecified atom stereocenters. The Balaban J connectivity index is 2.13. The fourth-order valence-corrected chi connectivity index (χ4v) is 2.12. The van der Waals surface area contributed by atoms with E-state index >= 15 is 0 Å². The molecule has 0 radical (unpaired) electrons. The van der Waals surface area contributed by atoms with Crippen molar-refractivity contribution in [3.8, 4) is 0 Å². The van der Waals surface area contributed by atoms with Gasteiger partial charge < -0.3 is 9.32 Å². The average molecular weight is 311 g/mol. The summed E-state index contributed by atoms with van der Waals surface area (Å²) in [7, 11) is 0. The maximum Gasteiger partial charge on any atom is 0.406 e. The fraction of sp³-hybridized carbons (Fsp3) is 0.312. The summed E-state index contributed by atoms with van der Waals surface area (Å²) in [5, 5.41) is 0. The number of alkyl halides is 3. The first-order valence-corrected chi connectivity index (χ1v) is 6.76. The van der Waals surface area contributed by atoms with Crippen LogP contribution in [-0.4, -0.2) is 23.5 Å². The zero-order valence-electron chi connectivity index (χ0n) is 12.1. The van der Waals surface area contributed by atoms with Crippen molar-refractivity contribution in [1.29, 1.82) is 0 Å². The number of halogens is 3. The first kappa shape index (κ1) is 16.1. The van der Waals surface area contributed by atoms with Crippen LogP contribution in [0.25, 0.3) is 0 Å². The Morgan fingerprint density at radius 2 is 1.91 bits per heavy atom. The number of aryl methyl sites for hydroxylation is 1. The van der Waals surface area contributed by atoms with Crippen LogP contribution in [0.4, 0.5) is 13.2 Å². The average Bonchev–Trinajstić information content (AvgIpc) is 2.92. The van der Waals surface area contributed by atoms with Gasteiger partial charge in [0.05, 0.1) is 19.2 Å². The van der Waals surface area contributed by atoms with Crippen LogP contribution in [0.5, 0.6) is 0 Å². The minimum atomic E-state index is -4.45. The summed E-state index contributed by atoms with van der Waals surface area (Å²) in [6.45, 7) is 0.332. The number of furan rings is 1. The normalized spacial score (nSPS) is 11.5. The number of amides is 1. The van der Waals surface area contributed by atoms with Gasteiger partial charge in [-0.2, -0.15) is 13.2 Å². The molecule has 0 atom stereocenters. The Hall–Kier alpha value is -2.24. The predicted molar refractivity (Wildman–Crippen MR) is 75.1 cm³/mol. The molecule has 0 spiro atoms. The number of rotatable bonds is 5. The number of hydrogen-bond acceptors (Lipinski definition) is 2.